The molecule has 41 heavy (non-hydrogen) atoms. The number of rotatable bonds is 13. The first-order chi connectivity index (χ1) is 19.4. The third kappa shape index (κ3) is 8.93. The van der Waals surface area contributed by atoms with Gasteiger partial charge in [0.2, 0.25) is 17.7 Å². The first-order valence-electron chi connectivity index (χ1n) is 13.1. The Kier molecular flexibility index (Phi) is 10.6. The summed E-state index contributed by atoms with van der Waals surface area (Å²) < 4.78 is 0. The lowest BCUT2D eigenvalue weighted by molar-refractivity contribution is -0.145. The Morgan fingerprint density at radius 2 is 1.41 bits per heavy atom. The van der Waals surface area contributed by atoms with Crippen LogP contribution in [0.15, 0.2) is 48.5 Å². The lowest BCUT2D eigenvalue weighted by Crippen LogP contribution is -2.57. The number of likely N-dealkylation sites (tertiary alicyclic amines) is 1. The highest BCUT2D eigenvalue weighted by Crippen LogP contribution is 2.21. The molecule has 0 aromatic heterocycles. The van der Waals surface area contributed by atoms with E-state index in [1.54, 1.807) is 24.3 Å². The molecule has 8 N–H and O–H groups in total. The van der Waals surface area contributed by atoms with E-state index in [1.807, 2.05) is 0 Å². The molecular formula is C28H34N4O9. The van der Waals surface area contributed by atoms with E-state index in [2.05, 4.69) is 10.6 Å². The zero-order valence-corrected chi connectivity index (χ0v) is 22.2. The molecule has 4 atom stereocenters. The van der Waals surface area contributed by atoms with Crippen LogP contribution in [-0.2, 0) is 36.8 Å². The van der Waals surface area contributed by atoms with Gasteiger partial charge in [0.05, 0.1) is 6.04 Å². The van der Waals surface area contributed by atoms with Crippen LogP contribution in [0.3, 0.4) is 0 Å². The summed E-state index contributed by atoms with van der Waals surface area (Å²) >= 11 is 0. The summed E-state index contributed by atoms with van der Waals surface area (Å²) in [5.74, 6) is -4.44. The van der Waals surface area contributed by atoms with Crippen LogP contribution in [0.1, 0.15) is 36.8 Å². The lowest BCUT2D eigenvalue weighted by Gasteiger charge is -2.30. The number of carboxylic acids is 2. The fourth-order valence-corrected chi connectivity index (χ4v) is 4.62. The van der Waals surface area contributed by atoms with Crippen LogP contribution < -0.4 is 16.4 Å². The zero-order chi connectivity index (χ0) is 30.1. The summed E-state index contributed by atoms with van der Waals surface area (Å²) in [6.07, 6.45) is 0.0805. The minimum atomic E-state index is -1.44. The third-order valence-corrected chi connectivity index (χ3v) is 6.82. The molecule has 0 spiro atoms. The normalized spacial score (nSPS) is 16.8. The van der Waals surface area contributed by atoms with Crippen molar-refractivity contribution in [3.05, 3.63) is 59.7 Å². The number of carbonyl (C=O) groups excluding carboxylic acids is 3. The molecular weight excluding hydrogens is 536 g/mol. The van der Waals surface area contributed by atoms with Gasteiger partial charge < -0.3 is 41.7 Å². The molecule has 1 heterocycles. The number of nitrogens with two attached hydrogens (primary N) is 1. The number of benzene rings is 2. The van der Waals surface area contributed by atoms with E-state index < -0.39 is 60.2 Å². The minimum absolute atomic E-state index is 0.0174. The van der Waals surface area contributed by atoms with E-state index in [4.69, 9.17) is 10.8 Å². The average molecular weight is 571 g/mol. The number of nitrogens with one attached hydrogen (secondary N) is 2. The topological polar surface area (TPSA) is 220 Å². The number of phenolic OH excluding ortho intramolecular Hbond substituents is 2. The van der Waals surface area contributed by atoms with Gasteiger partial charge >= 0.3 is 11.9 Å². The lowest BCUT2D eigenvalue weighted by atomic mass is 10.0. The van der Waals surface area contributed by atoms with Crippen molar-refractivity contribution in [2.24, 2.45) is 5.73 Å². The van der Waals surface area contributed by atoms with Crippen molar-refractivity contribution in [1.82, 2.24) is 15.5 Å². The van der Waals surface area contributed by atoms with Gasteiger partial charge in [-0.05, 0) is 61.1 Å². The average Bonchev–Trinajstić information content (AvgIpc) is 3.42. The van der Waals surface area contributed by atoms with Crippen LogP contribution in [0, 0.1) is 0 Å². The maximum atomic E-state index is 13.7. The second-order valence-corrected chi connectivity index (χ2v) is 9.93. The van der Waals surface area contributed by atoms with Crippen LogP contribution in [0.5, 0.6) is 11.5 Å². The molecule has 1 aliphatic heterocycles. The molecule has 13 heteroatoms. The smallest absolute Gasteiger partial charge is 0.326 e. The molecule has 3 amide bonds. The van der Waals surface area contributed by atoms with Gasteiger partial charge in [0, 0.05) is 19.4 Å². The second kappa shape index (κ2) is 14.1. The Hall–Kier alpha value is -4.65. The zero-order valence-electron chi connectivity index (χ0n) is 22.2. The maximum absolute atomic E-state index is 13.7. The molecule has 1 fully saturated rings. The van der Waals surface area contributed by atoms with Gasteiger partial charge in [-0.3, -0.25) is 19.2 Å². The molecule has 2 aromatic rings. The van der Waals surface area contributed by atoms with Crippen LogP contribution in [0.2, 0.25) is 0 Å². The minimum Gasteiger partial charge on any atom is -0.508 e. The second-order valence-electron chi connectivity index (χ2n) is 9.93. The highest BCUT2D eigenvalue weighted by atomic mass is 16.4. The number of hydrogen-bond acceptors (Lipinski definition) is 8. The van der Waals surface area contributed by atoms with E-state index in [9.17, 15) is 39.3 Å². The first kappa shape index (κ1) is 30.9. The maximum Gasteiger partial charge on any atom is 0.326 e. The molecule has 2 aromatic carbocycles. The van der Waals surface area contributed by atoms with Gasteiger partial charge in [0.1, 0.15) is 29.6 Å². The Morgan fingerprint density at radius 3 is 1.95 bits per heavy atom. The van der Waals surface area contributed by atoms with E-state index in [0.29, 0.717) is 17.5 Å². The number of aliphatic carboxylic acids is 2. The summed E-state index contributed by atoms with van der Waals surface area (Å²) in [6, 6.07) is 7.60. The molecule has 3 rings (SSSR count). The quantitative estimate of drug-likeness (QED) is 0.172. The fraction of sp³-hybridized carbons (Fsp3) is 0.393. The van der Waals surface area contributed by atoms with Crippen LogP contribution in [0.25, 0.3) is 0 Å². The number of hydrogen-bond donors (Lipinski definition) is 7. The molecule has 1 aliphatic rings. The molecule has 1 saturated heterocycles. The summed E-state index contributed by atoms with van der Waals surface area (Å²) in [4.78, 5) is 63.6. The van der Waals surface area contributed by atoms with Crippen molar-refractivity contribution < 1.29 is 44.4 Å². The predicted octanol–water partition coefficient (Wildman–Crippen LogP) is 0.120. The number of aromatic hydroxyl groups is 2. The molecule has 220 valence electrons. The first-order valence-corrected chi connectivity index (χ1v) is 13.1. The van der Waals surface area contributed by atoms with E-state index in [-0.39, 0.29) is 43.7 Å². The monoisotopic (exact) mass is 570 g/mol. The highest BCUT2D eigenvalue weighted by molar-refractivity contribution is 5.94. The van der Waals surface area contributed by atoms with Crippen LogP contribution >= 0.6 is 0 Å². The third-order valence-electron chi connectivity index (χ3n) is 6.82. The number of amides is 3. The molecule has 0 saturated carbocycles. The van der Waals surface area contributed by atoms with Crippen LogP contribution in [0.4, 0.5) is 0 Å². The van der Waals surface area contributed by atoms with Crippen molar-refractivity contribution in [2.45, 2.75) is 62.7 Å². The van der Waals surface area contributed by atoms with Gasteiger partial charge in [-0.1, -0.05) is 24.3 Å². The van der Waals surface area contributed by atoms with E-state index in [0.717, 1.165) is 0 Å². The molecule has 0 aliphatic carbocycles. The van der Waals surface area contributed by atoms with Crippen molar-refractivity contribution in [3.8, 4) is 11.5 Å². The molecule has 13 nitrogen and oxygen atoms in total. The van der Waals surface area contributed by atoms with Crippen molar-refractivity contribution in [2.75, 3.05) is 6.54 Å². The SMILES string of the molecule is NC(Cc1ccc(O)cc1)C(=O)NC(Cc1ccc(O)cc1)C(=O)N1CCCC1C(=O)NC(CCC(=O)O)C(=O)O. The summed E-state index contributed by atoms with van der Waals surface area (Å²) in [5, 5.41) is 42.4. The summed E-state index contributed by atoms with van der Waals surface area (Å²) in [7, 11) is 0. The van der Waals surface area contributed by atoms with Crippen molar-refractivity contribution >= 4 is 29.7 Å². The number of phenols is 2. The number of carbonyl (C=O) groups is 5. The van der Waals surface area contributed by atoms with Gasteiger partial charge in [-0.2, -0.15) is 0 Å². The Morgan fingerprint density at radius 1 is 0.854 bits per heavy atom. The summed E-state index contributed by atoms with van der Waals surface area (Å²) in [5.41, 5.74) is 7.43. The molecule has 4 unspecified atom stereocenters. The summed E-state index contributed by atoms with van der Waals surface area (Å²) in [6.45, 7) is 0.186. The Balaban J connectivity index is 1.76. The van der Waals surface area contributed by atoms with E-state index >= 15 is 0 Å². The predicted molar refractivity (Wildman–Crippen MR) is 145 cm³/mol. The van der Waals surface area contributed by atoms with Gasteiger partial charge in [-0.25, -0.2) is 4.79 Å². The molecule has 0 bridgehead atoms. The highest BCUT2D eigenvalue weighted by Gasteiger charge is 2.39. The number of nitrogens with zero attached hydrogens (tertiary/aromatic N) is 1. The van der Waals surface area contributed by atoms with Crippen molar-refractivity contribution in [3.63, 3.8) is 0 Å². The van der Waals surface area contributed by atoms with Crippen LogP contribution in [-0.4, -0.2) is 85.7 Å². The van der Waals surface area contributed by atoms with Crippen molar-refractivity contribution in [1.29, 1.82) is 0 Å². The van der Waals surface area contributed by atoms with Gasteiger partial charge in [0.25, 0.3) is 0 Å². The van der Waals surface area contributed by atoms with Gasteiger partial charge in [-0.15, -0.1) is 0 Å². The van der Waals surface area contributed by atoms with Gasteiger partial charge in [0.15, 0.2) is 0 Å². The Labute approximate surface area is 236 Å². The largest absolute Gasteiger partial charge is 0.508 e. The fourth-order valence-electron chi connectivity index (χ4n) is 4.62. The standard InChI is InChI=1S/C28H34N4O9/c29-20(14-16-3-7-18(33)8-4-16)25(37)31-22(15-17-5-9-19(34)10-6-17)27(39)32-13-1-2-23(32)26(38)30-21(28(40)41)11-12-24(35)36/h3-10,20-23,33-34H,1-2,11-15,29H2,(H,30,38)(H,31,37)(H,35,36)(H,40,41). The Bertz CT molecular complexity index is 1250. The molecule has 0 radical (unpaired) electrons. The van der Waals surface area contributed by atoms with E-state index in [1.165, 1.54) is 29.2 Å². The number of carboxylic acid groups (broad SMARTS) is 2.